The number of hydrogen-bond donors (Lipinski definition) is 2. The quantitative estimate of drug-likeness (QED) is 0.702. The Kier molecular flexibility index (Phi) is 6.97. The van der Waals surface area contributed by atoms with Crippen molar-refractivity contribution in [2.75, 3.05) is 17.6 Å². The van der Waals surface area contributed by atoms with Gasteiger partial charge in [0.25, 0.3) is 0 Å². The van der Waals surface area contributed by atoms with E-state index in [2.05, 4.69) is 10.6 Å². The lowest BCUT2D eigenvalue weighted by Crippen LogP contribution is -2.31. The molecular formula is C21H24N2O4S2. The van der Waals surface area contributed by atoms with E-state index in [1.807, 2.05) is 30.3 Å². The molecule has 0 aromatic heterocycles. The number of anilines is 1. The third kappa shape index (κ3) is 5.61. The minimum atomic E-state index is -3.70. The summed E-state index contributed by atoms with van der Waals surface area (Å²) >= 11 is 1.52. The van der Waals surface area contributed by atoms with E-state index >= 15 is 0 Å². The molecule has 1 atom stereocenters. The Morgan fingerprint density at radius 1 is 1.21 bits per heavy atom. The largest absolute Gasteiger partial charge is 0.356 e. The van der Waals surface area contributed by atoms with Crippen molar-refractivity contribution >= 4 is 39.1 Å². The lowest BCUT2D eigenvalue weighted by molar-refractivity contribution is -0.121. The second kappa shape index (κ2) is 9.45. The number of hydrogen-bond acceptors (Lipinski definition) is 5. The zero-order valence-corrected chi connectivity index (χ0v) is 17.8. The van der Waals surface area contributed by atoms with Crippen molar-refractivity contribution in [1.29, 1.82) is 0 Å². The Balaban J connectivity index is 1.61. The summed E-state index contributed by atoms with van der Waals surface area (Å²) in [6, 6.07) is 14.5. The van der Waals surface area contributed by atoms with E-state index in [1.54, 1.807) is 12.1 Å². The normalized spacial score (nSPS) is 15.0. The van der Waals surface area contributed by atoms with Gasteiger partial charge < -0.3 is 10.6 Å². The summed E-state index contributed by atoms with van der Waals surface area (Å²) in [7, 11) is -3.70. The van der Waals surface area contributed by atoms with E-state index in [4.69, 9.17) is 0 Å². The van der Waals surface area contributed by atoms with Gasteiger partial charge in [-0.15, -0.1) is 11.8 Å². The fourth-order valence-corrected chi connectivity index (χ4v) is 5.35. The van der Waals surface area contributed by atoms with Gasteiger partial charge >= 0.3 is 0 Å². The van der Waals surface area contributed by atoms with Crippen LogP contribution in [0.1, 0.15) is 25.3 Å². The van der Waals surface area contributed by atoms with Gasteiger partial charge in [0, 0.05) is 30.0 Å². The maximum atomic E-state index is 12.9. The predicted molar refractivity (Wildman–Crippen MR) is 115 cm³/mol. The van der Waals surface area contributed by atoms with Crippen LogP contribution in [0.4, 0.5) is 5.69 Å². The maximum absolute atomic E-state index is 12.9. The fraction of sp³-hybridized carbons (Fsp3) is 0.333. The number of carbonyl (C=O) groups is 2. The second-order valence-electron chi connectivity index (χ2n) is 6.95. The zero-order chi connectivity index (χ0) is 20.9. The average Bonchev–Trinajstić information content (AvgIpc) is 2.88. The van der Waals surface area contributed by atoms with E-state index < -0.39 is 15.1 Å². The predicted octanol–water partition coefficient (Wildman–Crippen LogP) is 3.03. The van der Waals surface area contributed by atoms with Crippen LogP contribution in [0.2, 0.25) is 0 Å². The molecule has 2 N–H and O–H groups in total. The van der Waals surface area contributed by atoms with Crippen molar-refractivity contribution in [2.45, 2.75) is 41.2 Å². The molecule has 0 radical (unpaired) electrons. The van der Waals surface area contributed by atoms with Gasteiger partial charge in [0.05, 0.1) is 15.8 Å². The molecular weight excluding hydrogens is 408 g/mol. The SMILES string of the molecule is CC(CC(=O)NCCc1ccccc1)S(=O)(=O)c1ccc2c(c1)NC(=O)CCS2. The molecule has 0 aliphatic carbocycles. The first-order valence-corrected chi connectivity index (χ1v) is 12.0. The molecule has 154 valence electrons. The van der Waals surface area contributed by atoms with Gasteiger partial charge in [-0.2, -0.15) is 0 Å². The van der Waals surface area contributed by atoms with Crippen molar-refractivity contribution in [3.63, 3.8) is 0 Å². The van der Waals surface area contributed by atoms with Crippen LogP contribution in [-0.2, 0) is 25.8 Å². The molecule has 1 unspecified atom stereocenters. The number of nitrogens with one attached hydrogen (secondary N) is 2. The van der Waals surface area contributed by atoms with Gasteiger partial charge in [0.1, 0.15) is 0 Å². The highest BCUT2D eigenvalue weighted by molar-refractivity contribution is 7.99. The molecule has 3 rings (SSSR count). The van der Waals surface area contributed by atoms with Crippen LogP contribution < -0.4 is 10.6 Å². The van der Waals surface area contributed by atoms with E-state index in [-0.39, 0.29) is 23.1 Å². The first-order chi connectivity index (χ1) is 13.9. The molecule has 8 heteroatoms. The molecule has 1 aliphatic heterocycles. The van der Waals surface area contributed by atoms with Crippen LogP contribution in [0.5, 0.6) is 0 Å². The van der Waals surface area contributed by atoms with E-state index in [1.165, 1.54) is 24.8 Å². The zero-order valence-electron chi connectivity index (χ0n) is 16.2. The number of amides is 2. The molecule has 0 fully saturated rings. The summed E-state index contributed by atoms with van der Waals surface area (Å²) in [5.74, 6) is 0.233. The Morgan fingerprint density at radius 3 is 2.72 bits per heavy atom. The van der Waals surface area contributed by atoms with Gasteiger partial charge in [0.15, 0.2) is 9.84 Å². The highest BCUT2D eigenvalue weighted by atomic mass is 32.2. The van der Waals surface area contributed by atoms with Gasteiger partial charge in [-0.05, 0) is 37.1 Å². The van der Waals surface area contributed by atoms with E-state index in [9.17, 15) is 18.0 Å². The fourth-order valence-electron chi connectivity index (χ4n) is 3.04. The number of benzene rings is 2. The monoisotopic (exact) mass is 432 g/mol. The number of rotatable bonds is 7. The highest BCUT2D eigenvalue weighted by Crippen LogP contribution is 2.33. The topological polar surface area (TPSA) is 92.3 Å². The van der Waals surface area contributed by atoms with Crippen molar-refractivity contribution in [3.05, 3.63) is 54.1 Å². The summed E-state index contributed by atoms with van der Waals surface area (Å²) in [4.78, 5) is 24.9. The van der Waals surface area contributed by atoms with Crippen LogP contribution in [0, 0.1) is 0 Å². The molecule has 29 heavy (non-hydrogen) atoms. The van der Waals surface area contributed by atoms with E-state index in [0.29, 0.717) is 30.8 Å². The van der Waals surface area contributed by atoms with Gasteiger partial charge in [-0.3, -0.25) is 9.59 Å². The van der Waals surface area contributed by atoms with Gasteiger partial charge in [-0.1, -0.05) is 30.3 Å². The molecule has 2 aromatic rings. The number of carbonyl (C=O) groups excluding carboxylic acids is 2. The Bertz CT molecular complexity index is 991. The molecule has 2 aromatic carbocycles. The van der Waals surface area contributed by atoms with Crippen molar-refractivity contribution in [1.82, 2.24) is 5.32 Å². The average molecular weight is 433 g/mol. The van der Waals surface area contributed by atoms with Crippen LogP contribution in [-0.4, -0.2) is 37.8 Å². The smallest absolute Gasteiger partial charge is 0.225 e. The summed E-state index contributed by atoms with van der Waals surface area (Å²) in [6.45, 7) is 1.99. The van der Waals surface area contributed by atoms with Crippen LogP contribution in [0.3, 0.4) is 0 Å². The standard InChI is InChI=1S/C21H24N2O4S2/c1-15(13-21(25)22-11-9-16-5-3-2-4-6-16)29(26,27)17-7-8-19-18(14-17)23-20(24)10-12-28-19/h2-8,14-15H,9-13H2,1H3,(H,22,25)(H,23,24). The molecule has 0 bridgehead atoms. The first kappa shape index (κ1) is 21.4. The van der Waals surface area contributed by atoms with Crippen LogP contribution in [0.15, 0.2) is 58.3 Å². The highest BCUT2D eigenvalue weighted by Gasteiger charge is 2.27. The lowest BCUT2D eigenvalue weighted by Gasteiger charge is -2.15. The summed E-state index contributed by atoms with van der Waals surface area (Å²) in [6.07, 6.45) is 0.964. The maximum Gasteiger partial charge on any atom is 0.225 e. The Morgan fingerprint density at radius 2 is 1.97 bits per heavy atom. The van der Waals surface area contributed by atoms with Gasteiger partial charge in [-0.25, -0.2) is 8.42 Å². The molecule has 0 saturated heterocycles. The summed E-state index contributed by atoms with van der Waals surface area (Å²) in [5.41, 5.74) is 1.62. The second-order valence-corrected chi connectivity index (χ2v) is 10.5. The molecule has 6 nitrogen and oxygen atoms in total. The van der Waals surface area contributed by atoms with Crippen molar-refractivity contribution in [2.24, 2.45) is 0 Å². The third-order valence-electron chi connectivity index (χ3n) is 4.72. The Hall–Kier alpha value is -2.32. The van der Waals surface area contributed by atoms with Crippen molar-refractivity contribution in [3.8, 4) is 0 Å². The third-order valence-corrected chi connectivity index (χ3v) is 7.93. The van der Waals surface area contributed by atoms with E-state index in [0.717, 1.165) is 10.5 Å². The summed E-state index contributed by atoms with van der Waals surface area (Å²) < 4.78 is 25.8. The number of sulfone groups is 1. The molecule has 0 spiro atoms. The molecule has 1 heterocycles. The minimum Gasteiger partial charge on any atom is -0.356 e. The van der Waals surface area contributed by atoms with Gasteiger partial charge in [0.2, 0.25) is 11.8 Å². The number of thioether (sulfide) groups is 1. The minimum absolute atomic E-state index is 0.114. The Labute approximate surface area is 175 Å². The van der Waals surface area contributed by atoms with Crippen LogP contribution >= 0.6 is 11.8 Å². The molecule has 2 amide bonds. The molecule has 1 aliphatic rings. The first-order valence-electron chi connectivity index (χ1n) is 9.47. The number of fused-ring (bicyclic) bond motifs is 1. The van der Waals surface area contributed by atoms with Crippen LogP contribution in [0.25, 0.3) is 0 Å². The summed E-state index contributed by atoms with van der Waals surface area (Å²) in [5, 5.41) is 4.67. The lowest BCUT2D eigenvalue weighted by atomic mass is 10.1. The molecule has 0 saturated carbocycles. The van der Waals surface area contributed by atoms with Crippen molar-refractivity contribution < 1.29 is 18.0 Å².